The van der Waals surface area contributed by atoms with Gasteiger partial charge in [-0.2, -0.15) is 0 Å². The Morgan fingerprint density at radius 3 is 2.59 bits per heavy atom. The molecule has 17 heavy (non-hydrogen) atoms. The molecule has 1 aromatic rings. The standard InChI is InChI=1S/C12H17NO4/c1-12(2,10(17-4)11(14)15)9-8(16-3)6-5-7-13-9/h5-7,10H,1-4H3,(H,14,15). The van der Waals surface area contributed by atoms with Crippen molar-refractivity contribution in [3.63, 3.8) is 0 Å². The second-order valence-electron chi connectivity index (χ2n) is 4.23. The maximum atomic E-state index is 11.2. The van der Waals surface area contributed by atoms with E-state index in [2.05, 4.69) is 4.98 Å². The fourth-order valence-corrected chi connectivity index (χ4v) is 1.87. The first kappa shape index (κ1) is 13.4. The molecule has 0 fully saturated rings. The second kappa shape index (κ2) is 5.14. The molecule has 1 atom stereocenters. The van der Waals surface area contributed by atoms with Crippen LogP contribution in [0.3, 0.4) is 0 Å². The number of ether oxygens (including phenoxy) is 2. The molecule has 0 saturated carbocycles. The quantitative estimate of drug-likeness (QED) is 0.842. The first-order valence-corrected chi connectivity index (χ1v) is 5.20. The molecule has 0 radical (unpaired) electrons. The van der Waals surface area contributed by atoms with Crippen LogP contribution in [0.2, 0.25) is 0 Å². The number of pyridine rings is 1. The summed E-state index contributed by atoms with van der Waals surface area (Å²) in [5.41, 5.74) is -0.218. The SMILES string of the molecule is COc1cccnc1C(C)(C)C(OC)C(=O)O. The van der Waals surface area contributed by atoms with Gasteiger partial charge in [-0.3, -0.25) is 4.98 Å². The minimum atomic E-state index is -1.02. The van der Waals surface area contributed by atoms with E-state index >= 15 is 0 Å². The van der Waals surface area contributed by atoms with Gasteiger partial charge in [0.2, 0.25) is 0 Å². The first-order chi connectivity index (χ1) is 7.95. The highest BCUT2D eigenvalue weighted by Gasteiger charge is 2.40. The summed E-state index contributed by atoms with van der Waals surface area (Å²) in [6.07, 6.45) is 0.625. The Morgan fingerprint density at radius 1 is 1.47 bits per heavy atom. The summed E-state index contributed by atoms with van der Waals surface area (Å²) < 4.78 is 10.2. The van der Waals surface area contributed by atoms with Gasteiger partial charge in [0, 0.05) is 18.7 Å². The van der Waals surface area contributed by atoms with Crippen molar-refractivity contribution in [2.24, 2.45) is 0 Å². The van der Waals surface area contributed by atoms with Gasteiger partial charge in [-0.25, -0.2) is 4.79 Å². The predicted octanol–water partition coefficient (Wildman–Crippen LogP) is 1.47. The number of hydrogen-bond donors (Lipinski definition) is 1. The van der Waals surface area contributed by atoms with Crippen molar-refractivity contribution in [2.45, 2.75) is 25.4 Å². The number of nitrogens with zero attached hydrogens (tertiary/aromatic N) is 1. The van der Waals surface area contributed by atoms with E-state index in [1.54, 1.807) is 32.2 Å². The monoisotopic (exact) mass is 239 g/mol. The molecule has 5 heteroatoms. The number of hydrogen-bond acceptors (Lipinski definition) is 4. The number of carbonyl (C=O) groups is 1. The molecule has 0 aliphatic heterocycles. The lowest BCUT2D eigenvalue weighted by Gasteiger charge is -2.30. The van der Waals surface area contributed by atoms with Gasteiger partial charge in [0.25, 0.3) is 0 Å². The molecular weight excluding hydrogens is 222 g/mol. The van der Waals surface area contributed by atoms with Gasteiger partial charge in [-0.05, 0) is 12.1 Å². The Kier molecular flexibility index (Phi) is 4.07. The zero-order chi connectivity index (χ0) is 13.1. The lowest BCUT2D eigenvalue weighted by Crippen LogP contribution is -2.42. The highest BCUT2D eigenvalue weighted by Crippen LogP contribution is 2.33. The summed E-state index contributed by atoms with van der Waals surface area (Å²) >= 11 is 0. The summed E-state index contributed by atoms with van der Waals surface area (Å²) in [6.45, 7) is 3.53. The van der Waals surface area contributed by atoms with Gasteiger partial charge in [0.1, 0.15) is 5.75 Å². The van der Waals surface area contributed by atoms with E-state index in [1.807, 2.05) is 0 Å². The second-order valence-corrected chi connectivity index (χ2v) is 4.23. The topological polar surface area (TPSA) is 68.7 Å². The molecule has 0 saturated heterocycles. The van der Waals surface area contributed by atoms with Crippen LogP contribution in [0.15, 0.2) is 18.3 Å². The zero-order valence-corrected chi connectivity index (χ0v) is 10.4. The molecule has 0 bridgehead atoms. The van der Waals surface area contributed by atoms with Crippen molar-refractivity contribution in [3.8, 4) is 5.75 Å². The number of rotatable bonds is 5. The van der Waals surface area contributed by atoms with E-state index in [9.17, 15) is 4.79 Å². The summed E-state index contributed by atoms with van der Waals surface area (Å²) in [6, 6.07) is 3.49. The van der Waals surface area contributed by atoms with Crippen LogP contribution in [0.4, 0.5) is 0 Å². The zero-order valence-electron chi connectivity index (χ0n) is 10.4. The highest BCUT2D eigenvalue weighted by atomic mass is 16.5. The molecule has 0 aliphatic rings. The van der Waals surface area contributed by atoms with Crippen molar-refractivity contribution in [2.75, 3.05) is 14.2 Å². The molecule has 5 nitrogen and oxygen atoms in total. The minimum Gasteiger partial charge on any atom is -0.495 e. The average Bonchev–Trinajstić information content (AvgIpc) is 2.29. The molecule has 0 aromatic carbocycles. The lowest BCUT2D eigenvalue weighted by molar-refractivity contribution is -0.152. The van der Waals surface area contributed by atoms with Crippen LogP contribution in [0, 0.1) is 0 Å². The van der Waals surface area contributed by atoms with Gasteiger partial charge in [-0.15, -0.1) is 0 Å². The number of carboxylic acid groups (broad SMARTS) is 1. The van der Waals surface area contributed by atoms with Crippen LogP contribution in [-0.4, -0.2) is 36.4 Å². The van der Waals surface area contributed by atoms with Gasteiger partial charge < -0.3 is 14.6 Å². The summed E-state index contributed by atoms with van der Waals surface area (Å²) in [5, 5.41) is 9.14. The highest BCUT2D eigenvalue weighted by molar-refractivity contribution is 5.74. The molecule has 1 N–H and O–H groups in total. The molecule has 94 valence electrons. The predicted molar refractivity (Wildman–Crippen MR) is 62.2 cm³/mol. The van der Waals surface area contributed by atoms with Crippen LogP contribution >= 0.6 is 0 Å². The van der Waals surface area contributed by atoms with E-state index in [0.29, 0.717) is 11.4 Å². The Labute approximate surface area is 100 Å². The van der Waals surface area contributed by atoms with Crippen molar-refractivity contribution in [1.82, 2.24) is 4.98 Å². The number of aromatic nitrogens is 1. The molecule has 1 unspecified atom stereocenters. The Hall–Kier alpha value is -1.62. The van der Waals surface area contributed by atoms with Crippen LogP contribution in [-0.2, 0) is 14.9 Å². The van der Waals surface area contributed by atoms with Crippen molar-refractivity contribution >= 4 is 5.97 Å². The Balaban J connectivity index is 3.23. The van der Waals surface area contributed by atoms with Crippen LogP contribution in [0.25, 0.3) is 0 Å². The third-order valence-electron chi connectivity index (χ3n) is 2.72. The minimum absolute atomic E-state index is 0.556. The third-order valence-corrected chi connectivity index (χ3v) is 2.72. The molecule has 1 heterocycles. The largest absolute Gasteiger partial charge is 0.495 e. The fraction of sp³-hybridized carbons (Fsp3) is 0.500. The van der Waals surface area contributed by atoms with Crippen LogP contribution in [0.1, 0.15) is 19.5 Å². The summed E-state index contributed by atoms with van der Waals surface area (Å²) in [5.74, 6) is -0.467. The summed E-state index contributed by atoms with van der Waals surface area (Å²) in [4.78, 5) is 15.4. The number of methoxy groups -OCH3 is 2. The average molecular weight is 239 g/mol. The fourth-order valence-electron chi connectivity index (χ4n) is 1.87. The normalized spacial score (nSPS) is 13.2. The van der Waals surface area contributed by atoms with Gasteiger partial charge in [-0.1, -0.05) is 13.8 Å². The number of aliphatic carboxylic acids is 1. The van der Waals surface area contributed by atoms with E-state index in [4.69, 9.17) is 14.6 Å². The van der Waals surface area contributed by atoms with Crippen LogP contribution in [0.5, 0.6) is 5.75 Å². The van der Waals surface area contributed by atoms with Gasteiger partial charge in [0.05, 0.1) is 12.8 Å². The maximum Gasteiger partial charge on any atom is 0.333 e. The van der Waals surface area contributed by atoms with E-state index in [-0.39, 0.29) is 0 Å². The van der Waals surface area contributed by atoms with Gasteiger partial charge in [0.15, 0.2) is 6.10 Å². The maximum absolute atomic E-state index is 11.2. The molecule has 0 amide bonds. The van der Waals surface area contributed by atoms with E-state index in [0.717, 1.165) is 0 Å². The van der Waals surface area contributed by atoms with Crippen molar-refractivity contribution in [3.05, 3.63) is 24.0 Å². The molecule has 0 spiro atoms. The first-order valence-electron chi connectivity index (χ1n) is 5.20. The lowest BCUT2D eigenvalue weighted by atomic mass is 9.82. The third kappa shape index (κ3) is 2.55. The molecule has 1 rings (SSSR count). The Bertz CT molecular complexity index is 403. The molecular formula is C12H17NO4. The number of carboxylic acids is 1. The van der Waals surface area contributed by atoms with Crippen molar-refractivity contribution < 1.29 is 19.4 Å². The molecule has 0 aliphatic carbocycles. The summed E-state index contributed by atoms with van der Waals surface area (Å²) in [7, 11) is 2.90. The Morgan fingerprint density at radius 2 is 2.12 bits per heavy atom. The van der Waals surface area contributed by atoms with Gasteiger partial charge >= 0.3 is 5.97 Å². The molecule has 1 aromatic heterocycles. The smallest absolute Gasteiger partial charge is 0.333 e. The van der Waals surface area contributed by atoms with E-state index in [1.165, 1.54) is 14.2 Å². The van der Waals surface area contributed by atoms with Crippen LogP contribution < -0.4 is 4.74 Å². The van der Waals surface area contributed by atoms with E-state index < -0.39 is 17.5 Å². The van der Waals surface area contributed by atoms with Crippen molar-refractivity contribution in [1.29, 1.82) is 0 Å².